The van der Waals surface area contributed by atoms with Gasteiger partial charge in [-0.05, 0) is 12.1 Å². The Labute approximate surface area is 148 Å². The maximum atomic E-state index is 13.4. The van der Waals surface area contributed by atoms with Crippen molar-refractivity contribution in [3.63, 3.8) is 0 Å². The normalized spacial score (nSPS) is 15.0. The van der Waals surface area contributed by atoms with E-state index in [9.17, 15) is 18.0 Å². The zero-order chi connectivity index (χ0) is 18.7. The van der Waals surface area contributed by atoms with Crippen molar-refractivity contribution in [3.05, 3.63) is 41.7 Å². The molecule has 2 heterocycles. The summed E-state index contributed by atoms with van der Waals surface area (Å²) in [6.07, 6.45) is -3.85. The van der Waals surface area contributed by atoms with Gasteiger partial charge in [-0.1, -0.05) is 17.6 Å². The monoisotopic (exact) mass is 364 g/mol. The molecule has 2 aromatic rings. The molecule has 1 N–H and O–H groups in total. The molecule has 26 heavy (non-hydrogen) atoms. The Balaban J connectivity index is 1.92. The largest absolute Gasteiger partial charge is 0.434 e. The first-order chi connectivity index (χ1) is 12.3. The number of benzene rings is 1. The zero-order valence-electron chi connectivity index (χ0n) is 14.0. The summed E-state index contributed by atoms with van der Waals surface area (Å²) in [7, 11) is 1.86. The second-order valence-corrected chi connectivity index (χ2v) is 5.85. The maximum absolute atomic E-state index is 13.4. The topological polar surface area (TPSA) is 67.4 Å². The van der Waals surface area contributed by atoms with Crippen LogP contribution in [0.3, 0.4) is 0 Å². The van der Waals surface area contributed by atoms with Gasteiger partial charge in [-0.25, -0.2) is 9.97 Å². The van der Waals surface area contributed by atoms with Crippen LogP contribution in [-0.2, 0) is 10.9 Å². The Hall–Kier alpha value is -2.62. The van der Waals surface area contributed by atoms with E-state index < -0.39 is 23.3 Å². The number of hydrogen-bond acceptors (Lipinski definition) is 5. The van der Waals surface area contributed by atoms with Gasteiger partial charge in [-0.3, -0.25) is 4.79 Å². The number of morpholine rings is 1. The van der Waals surface area contributed by atoms with Gasteiger partial charge >= 0.3 is 6.18 Å². The Morgan fingerprint density at radius 1 is 1.27 bits per heavy atom. The number of nitrogens with one attached hydrogen (secondary N) is 1. The zero-order valence-corrected chi connectivity index (χ0v) is 14.0. The third kappa shape index (κ3) is 4.13. The molecule has 6 nitrogen and oxygen atoms in total. The standard InChI is InChI=1S/C16H16BF3N4O2/c17-10-2-1-3-11(8-10)22-15-21-9-12(13(23-15)16(18,19)20)14(25)24-4-6-26-7-5-24/h1-3,8-9H,4-7,17H2,(H,21,22,23). The molecule has 136 valence electrons. The predicted molar refractivity (Wildman–Crippen MR) is 91.7 cm³/mol. The third-order valence-electron chi connectivity index (χ3n) is 3.86. The van der Waals surface area contributed by atoms with Crippen molar-refractivity contribution in [3.8, 4) is 0 Å². The lowest BCUT2D eigenvalue weighted by Crippen LogP contribution is -2.41. The average molecular weight is 364 g/mol. The number of rotatable bonds is 3. The molecule has 10 heteroatoms. The van der Waals surface area contributed by atoms with E-state index in [1.165, 1.54) is 4.90 Å². The van der Waals surface area contributed by atoms with E-state index in [0.29, 0.717) is 18.9 Å². The Morgan fingerprint density at radius 3 is 2.65 bits per heavy atom. The second kappa shape index (κ2) is 7.32. The number of carbonyl (C=O) groups is 1. The van der Waals surface area contributed by atoms with Gasteiger partial charge in [0, 0.05) is 25.0 Å². The summed E-state index contributed by atoms with van der Waals surface area (Å²) in [5.74, 6) is -0.968. The van der Waals surface area contributed by atoms with Crippen molar-refractivity contribution in [2.24, 2.45) is 0 Å². The van der Waals surface area contributed by atoms with Crippen molar-refractivity contribution < 1.29 is 22.7 Å². The number of ether oxygens (including phenoxy) is 1. The van der Waals surface area contributed by atoms with Crippen LogP contribution < -0.4 is 10.8 Å². The summed E-state index contributed by atoms with van der Waals surface area (Å²) >= 11 is 0. The van der Waals surface area contributed by atoms with E-state index in [-0.39, 0.29) is 19.0 Å². The Kier molecular flexibility index (Phi) is 5.12. The molecule has 1 aliphatic heterocycles. The number of aromatic nitrogens is 2. The number of hydrogen-bond donors (Lipinski definition) is 1. The van der Waals surface area contributed by atoms with E-state index in [0.717, 1.165) is 11.7 Å². The molecule has 0 bridgehead atoms. The predicted octanol–water partition coefficient (Wildman–Crippen LogP) is 0.970. The van der Waals surface area contributed by atoms with Crippen molar-refractivity contribution in [2.45, 2.75) is 6.18 Å². The SMILES string of the molecule is Bc1cccc(Nc2ncc(C(=O)N3CCOCC3)c(C(F)(F)F)n2)c1. The number of carbonyl (C=O) groups excluding carboxylic acids is 1. The van der Waals surface area contributed by atoms with Crippen molar-refractivity contribution in [2.75, 3.05) is 31.6 Å². The second-order valence-electron chi connectivity index (χ2n) is 5.85. The summed E-state index contributed by atoms with van der Waals surface area (Å²) < 4.78 is 45.5. The lowest BCUT2D eigenvalue weighted by atomic mass is 9.96. The lowest BCUT2D eigenvalue weighted by Gasteiger charge is -2.27. The molecule has 0 atom stereocenters. The molecule has 1 saturated heterocycles. The Bertz CT molecular complexity index is 810. The van der Waals surface area contributed by atoms with Crippen molar-refractivity contribution >= 4 is 30.9 Å². The molecule has 0 radical (unpaired) electrons. The van der Waals surface area contributed by atoms with E-state index >= 15 is 0 Å². The first-order valence-electron chi connectivity index (χ1n) is 7.99. The van der Waals surface area contributed by atoms with Crippen LogP contribution in [0.5, 0.6) is 0 Å². The Morgan fingerprint density at radius 2 is 2.00 bits per heavy atom. The van der Waals surface area contributed by atoms with Gasteiger partial charge in [0.05, 0.1) is 18.8 Å². The van der Waals surface area contributed by atoms with Crippen LogP contribution in [0.1, 0.15) is 16.1 Å². The average Bonchev–Trinajstić information content (AvgIpc) is 2.61. The van der Waals surface area contributed by atoms with Gasteiger partial charge in [0.15, 0.2) is 5.69 Å². The molecule has 1 aromatic heterocycles. The number of halogens is 3. The van der Waals surface area contributed by atoms with Gasteiger partial charge in [0.25, 0.3) is 5.91 Å². The van der Waals surface area contributed by atoms with Crippen LogP contribution in [-0.4, -0.2) is 54.9 Å². The summed E-state index contributed by atoms with van der Waals surface area (Å²) in [5, 5.41) is 2.74. The minimum absolute atomic E-state index is 0.221. The maximum Gasteiger partial charge on any atom is 0.434 e. The summed E-state index contributed by atoms with van der Waals surface area (Å²) in [4.78, 5) is 21.2. The number of alkyl halides is 3. The number of amides is 1. The summed E-state index contributed by atoms with van der Waals surface area (Å²) in [6.45, 7) is 1.06. The third-order valence-corrected chi connectivity index (χ3v) is 3.86. The van der Waals surface area contributed by atoms with Crippen LogP contribution >= 0.6 is 0 Å². The van der Waals surface area contributed by atoms with Crippen LogP contribution in [0.4, 0.5) is 24.8 Å². The lowest BCUT2D eigenvalue weighted by molar-refractivity contribution is -0.141. The van der Waals surface area contributed by atoms with E-state index in [1.54, 1.807) is 18.2 Å². The highest BCUT2D eigenvalue weighted by atomic mass is 19.4. The minimum atomic E-state index is -4.77. The van der Waals surface area contributed by atoms with Crippen LogP contribution in [0.2, 0.25) is 0 Å². The molecular formula is C16H16BF3N4O2. The molecule has 0 spiro atoms. The number of anilines is 2. The molecule has 1 fully saturated rings. The number of nitrogens with zero attached hydrogens (tertiary/aromatic N) is 3. The highest BCUT2D eigenvalue weighted by Crippen LogP contribution is 2.32. The van der Waals surface area contributed by atoms with Gasteiger partial charge in [0.2, 0.25) is 5.95 Å². The van der Waals surface area contributed by atoms with Crippen LogP contribution in [0.15, 0.2) is 30.5 Å². The smallest absolute Gasteiger partial charge is 0.378 e. The van der Waals surface area contributed by atoms with Crippen LogP contribution in [0.25, 0.3) is 0 Å². The quantitative estimate of drug-likeness (QED) is 0.823. The fraction of sp³-hybridized carbons (Fsp3) is 0.312. The van der Waals surface area contributed by atoms with Gasteiger partial charge < -0.3 is 15.0 Å². The molecule has 0 saturated carbocycles. The van der Waals surface area contributed by atoms with Gasteiger partial charge in [-0.2, -0.15) is 13.2 Å². The molecule has 0 unspecified atom stereocenters. The molecular weight excluding hydrogens is 348 g/mol. The molecule has 1 amide bonds. The van der Waals surface area contributed by atoms with Gasteiger partial charge in [-0.15, -0.1) is 0 Å². The van der Waals surface area contributed by atoms with E-state index in [1.807, 2.05) is 13.9 Å². The van der Waals surface area contributed by atoms with E-state index in [4.69, 9.17) is 4.74 Å². The molecule has 3 rings (SSSR count). The highest BCUT2D eigenvalue weighted by molar-refractivity contribution is 6.32. The van der Waals surface area contributed by atoms with Crippen molar-refractivity contribution in [1.82, 2.24) is 14.9 Å². The van der Waals surface area contributed by atoms with Crippen molar-refractivity contribution in [1.29, 1.82) is 0 Å². The van der Waals surface area contributed by atoms with Crippen LogP contribution in [0, 0.1) is 0 Å². The molecule has 0 aliphatic carbocycles. The fourth-order valence-corrected chi connectivity index (χ4v) is 2.60. The summed E-state index contributed by atoms with van der Waals surface area (Å²) in [6, 6.07) is 7.07. The first-order valence-corrected chi connectivity index (χ1v) is 7.99. The van der Waals surface area contributed by atoms with Gasteiger partial charge in [0.1, 0.15) is 7.85 Å². The first kappa shape index (κ1) is 18.2. The fourth-order valence-electron chi connectivity index (χ4n) is 2.60. The molecule has 1 aromatic carbocycles. The minimum Gasteiger partial charge on any atom is -0.378 e. The highest BCUT2D eigenvalue weighted by Gasteiger charge is 2.39. The molecule has 1 aliphatic rings. The summed E-state index contributed by atoms with van der Waals surface area (Å²) in [5.41, 5.74) is -0.316. The van der Waals surface area contributed by atoms with E-state index in [2.05, 4.69) is 15.3 Å².